The molecule has 1 saturated carbocycles. The number of hydrogen-bond acceptors (Lipinski definition) is 6. The number of hydrogen-bond donors (Lipinski definition) is 2. The molecular formula is C44H50N2O8. The summed E-state index contributed by atoms with van der Waals surface area (Å²) in [5, 5.41) is 21.0. The summed E-state index contributed by atoms with van der Waals surface area (Å²) in [5.74, 6) is -6.95. The minimum absolute atomic E-state index is 0.162. The number of carbonyl (C=O) groups excluding carboxylic acids is 2. The number of rotatable bonds is 20. The van der Waals surface area contributed by atoms with Gasteiger partial charge in [0.1, 0.15) is 23.0 Å². The number of aliphatic carboxylic acids is 2. The molecule has 0 aromatic heterocycles. The van der Waals surface area contributed by atoms with Gasteiger partial charge in [0, 0.05) is 26.2 Å². The van der Waals surface area contributed by atoms with Crippen LogP contribution in [0.1, 0.15) is 63.5 Å². The van der Waals surface area contributed by atoms with Crippen LogP contribution in [0.15, 0.2) is 109 Å². The molecule has 4 aromatic rings. The van der Waals surface area contributed by atoms with E-state index in [2.05, 4.69) is 0 Å². The van der Waals surface area contributed by atoms with Gasteiger partial charge in [0.25, 0.3) is 0 Å². The fourth-order valence-corrected chi connectivity index (χ4v) is 7.05. The first-order valence-electron chi connectivity index (χ1n) is 18.9. The third-order valence-corrected chi connectivity index (χ3v) is 9.93. The van der Waals surface area contributed by atoms with Crippen LogP contribution in [0.2, 0.25) is 0 Å². The van der Waals surface area contributed by atoms with E-state index < -0.39 is 47.4 Å². The number of unbranched alkanes of at least 4 members (excludes halogenated alkanes) is 4. The predicted octanol–water partition coefficient (Wildman–Crippen LogP) is 8.66. The van der Waals surface area contributed by atoms with E-state index in [-0.39, 0.29) is 13.1 Å². The van der Waals surface area contributed by atoms with Crippen molar-refractivity contribution in [2.45, 2.75) is 65.5 Å². The van der Waals surface area contributed by atoms with Crippen molar-refractivity contribution in [3.05, 3.63) is 120 Å². The summed E-state index contributed by atoms with van der Waals surface area (Å²) < 4.78 is 11.8. The van der Waals surface area contributed by atoms with Crippen LogP contribution in [0.4, 0.5) is 0 Å². The zero-order valence-corrected chi connectivity index (χ0v) is 31.0. The van der Waals surface area contributed by atoms with Crippen molar-refractivity contribution in [2.75, 3.05) is 13.1 Å². The summed E-state index contributed by atoms with van der Waals surface area (Å²) in [4.78, 5) is 57.5. The van der Waals surface area contributed by atoms with Gasteiger partial charge in [0.05, 0.1) is 23.7 Å². The molecule has 284 valence electrons. The van der Waals surface area contributed by atoms with Gasteiger partial charge < -0.3 is 29.5 Å². The molecule has 54 heavy (non-hydrogen) atoms. The molecule has 0 aliphatic heterocycles. The SMILES string of the molecule is CCCCCN(Cc1ccc(Oc2ccccc2)cc1)C(=O)[C@H]1[C@H](C(=O)O)[C@H](C(=O)N(CCCCC)Cc2ccc(Oc3ccccc3)cc2)[C@H]1C(=O)O. The van der Waals surface area contributed by atoms with E-state index in [0.29, 0.717) is 48.9 Å². The van der Waals surface area contributed by atoms with Crippen molar-refractivity contribution >= 4 is 23.8 Å². The Morgan fingerprint density at radius 3 is 1.13 bits per heavy atom. The van der Waals surface area contributed by atoms with Crippen molar-refractivity contribution in [2.24, 2.45) is 23.7 Å². The van der Waals surface area contributed by atoms with Crippen LogP contribution in [0.3, 0.4) is 0 Å². The number of nitrogens with zero attached hydrogens (tertiary/aromatic N) is 2. The molecule has 1 aliphatic rings. The molecule has 0 unspecified atom stereocenters. The highest BCUT2D eigenvalue weighted by molar-refractivity contribution is 5.99. The number of ether oxygens (including phenoxy) is 2. The van der Waals surface area contributed by atoms with Crippen LogP contribution in [-0.2, 0) is 32.3 Å². The Morgan fingerprint density at radius 2 is 0.815 bits per heavy atom. The van der Waals surface area contributed by atoms with Gasteiger partial charge in [-0.05, 0) is 72.5 Å². The highest BCUT2D eigenvalue weighted by Gasteiger charge is 2.64. The van der Waals surface area contributed by atoms with Crippen molar-refractivity contribution in [1.29, 1.82) is 0 Å². The largest absolute Gasteiger partial charge is 0.481 e. The average molecular weight is 735 g/mol. The third-order valence-electron chi connectivity index (χ3n) is 9.93. The molecule has 0 bridgehead atoms. The van der Waals surface area contributed by atoms with E-state index >= 15 is 0 Å². The van der Waals surface area contributed by atoms with Gasteiger partial charge in [-0.2, -0.15) is 0 Å². The topological polar surface area (TPSA) is 134 Å². The smallest absolute Gasteiger partial charge is 0.308 e. The number of para-hydroxylation sites is 2. The fraction of sp³-hybridized carbons (Fsp3) is 0.364. The molecule has 0 spiro atoms. The maximum Gasteiger partial charge on any atom is 0.308 e. The van der Waals surface area contributed by atoms with Crippen molar-refractivity contribution < 1.29 is 38.9 Å². The standard InChI is InChI=1S/C44H50N2O8/c1-3-5-13-27-45(29-31-19-23-35(24-20-31)53-33-15-9-7-10-16-33)41(47)37-39(43(49)50)38(40(37)44(51)52)42(48)46(28-14-6-4-2)30-32-21-25-36(26-22-32)54-34-17-11-8-12-18-34/h7-12,15-26,37-40H,3-6,13-14,27-30H2,1-2H3,(H,49,50)(H,51,52)/t37-,38-,39-,40-. The van der Waals surface area contributed by atoms with E-state index in [1.165, 1.54) is 0 Å². The third kappa shape index (κ3) is 10.3. The average Bonchev–Trinajstić information content (AvgIpc) is 3.15. The number of amides is 2. The molecule has 5 rings (SSSR count). The molecule has 0 atom stereocenters. The van der Waals surface area contributed by atoms with Crippen LogP contribution < -0.4 is 9.47 Å². The summed E-state index contributed by atoms with van der Waals surface area (Å²) >= 11 is 0. The quantitative estimate of drug-likeness (QED) is 0.0863. The lowest BCUT2D eigenvalue weighted by atomic mass is 9.55. The van der Waals surface area contributed by atoms with Gasteiger partial charge in [-0.25, -0.2) is 0 Å². The molecule has 10 nitrogen and oxygen atoms in total. The summed E-state index contributed by atoms with van der Waals surface area (Å²) in [6.07, 6.45) is 4.83. The van der Waals surface area contributed by atoms with Crippen LogP contribution in [-0.4, -0.2) is 56.9 Å². The number of benzene rings is 4. The number of carboxylic acids is 2. The Hall–Kier alpha value is -5.64. The Labute approximate surface area is 317 Å². The molecule has 0 saturated heterocycles. The van der Waals surface area contributed by atoms with Gasteiger partial charge in [-0.3, -0.25) is 19.2 Å². The first-order valence-corrected chi connectivity index (χ1v) is 18.9. The van der Waals surface area contributed by atoms with E-state index in [9.17, 15) is 29.4 Å². The monoisotopic (exact) mass is 734 g/mol. The highest BCUT2D eigenvalue weighted by Crippen LogP contribution is 2.49. The van der Waals surface area contributed by atoms with Crippen molar-refractivity contribution in [3.63, 3.8) is 0 Å². The fourth-order valence-electron chi connectivity index (χ4n) is 7.05. The highest BCUT2D eigenvalue weighted by atomic mass is 16.5. The zero-order valence-electron chi connectivity index (χ0n) is 31.0. The summed E-state index contributed by atoms with van der Waals surface area (Å²) in [6.45, 7) is 5.06. The van der Waals surface area contributed by atoms with Gasteiger partial charge in [-0.1, -0.05) is 100 Å². The Kier molecular flexibility index (Phi) is 14.2. The van der Waals surface area contributed by atoms with Crippen LogP contribution >= 0.6 is 0 Å². The zero-order chi connectivity index (χ0) is 38.5. The van der Waals surface area contributed by atoms with E-state index in [4.69, 9.17) is 9.47 Å². The predicted molar refractivity (Wildman–Crippen MR) is 205 cm³/mol. The van der Waals surface area contributed by atoms with E-state index in [1.807, 2.05) is 98.8 Å². The second-order valence-corrected chi connectivity index (χ2v) is 13.8. The first kappa shape index (κ1) is 39.6. The van der Waals surface area contributed by atoms with Gasteiger partial charge in [0.2, 0.25) is 11.8 Å². The van der Waals surface area contributed by atoms with E-state index in [1.54, 1.807) is 34.1 Å². The molecule has 4 aromatic carbocycles. The van der Waals surface area contributed by atoms with E-state index in [0.717, 1.165) is 36.8 Å². The molecular weight excluding hydrogens is 684 g/mol. The van der Waals surface area contributed by atoms with Gasteiger partial charge in [-0.15, -0.1) is 0 Å². The number of carbonyl (C=O) groups is 4. The Balaban J connectivity index is 1.34. The van der Waals surface area contributed by atoms with Crippen molar-refractivity contribution in [1.82, 2.24) is 9.80 Å². The van der Waals surface area contributed by atoms with Crippen LogP contribution in [0.25, 0.3) is 0 Å². The lowest BCUT2D eigenvalue weighted by Crippen LogP contribution is -2.64. The van der Waals surface area contributed by atoms with Crippen molar-refractivity contribution in [3.8, 4) is 23.0 Å². The summed E-state index contributed by atoms with van der Waals surface area (Å²) in [6, 6.07) is 33.2. The van der Waals surface area contributed by atoms with Crippen LogP contribution in [0.5, 0.6) is 23.0 Å². The molecule has 1 aliphatic carbocycles. The minimum atomic E-state index is -1.48. The second kappa shape index (κ2) is 19.4. The summed E-state index contributed by atoms with van der Waals surface area (Å²) in [7, 11) is 0. The summed E-state index contributed by atoms with van der Waals surface area (Å²) in [5.41, 5.74) is 1.57. The molecule has 0 heterocycles. The molecule has 2 amide bonds. The molecule has 10 heteroatoms. The lowest BCUT2D eigenvalue weighted by molar-refractivity contribution is -0.187. The first-order chi connectivity index (χ1) is 26.2. The maximum atomic E-state index is 14.3. The lowest BCUT2D eigenvalue weighted by Gasteiger charge is -2.48. The normalized spacial score (nSPS) is 17.5. The maximum absolute atomic E-state index is 14.3. The minimum Gasteiger partial charge on any atom is -0.481 e. The molecule has 1 fully saturated rings. The Morgan fingerprint density at radius 1 is 0.481 bits per heavy atom. The molecule has 2 N–H and O–H groups in total. The molecule has 0 radical (unpaired) electrons. The van der Waals surface area contributed by atoms with Gasteiger partial charge in [0.15, 0.2) is 0 Å². The Bertz CT molecular complexity index is 1670. The van der Waals surface area contributed by atoms with Crippen LogP contribution in [0, 0.1) is 23.7 Å². The van der Waals surface area contributed by atoms with Gasteiger partial charge >= 0.3 is 11.9 Å². The number of carboxylic acid groups (broad SMARTS) is 2. The second-order valence-electron chi connectivity index (χ2n) is 13.8.